The number of hydrogen-bond acceptors (Lipinski definition) is 4. The molecule has 0 aromatic heterocycles. The Balaban J connectivity index is 0.00000300. The Kier molecular flexibility index (Phi) is 7.75. The zero-order chi connectivity index (χ0) is 20.1. The standard InChI is InChI=1S/C20H21F3N2O3.ClH/c1-27-18-5-3-2-4-16(18)17-13-24-10-11-25(17)19(26)12-14-6-8-15(9-7-14)28-20(21,22)23;/h2-9,17,24H,10-13H2,1H3;1H. The van der Waals surface area contributed by atoms with Gasteiger partial charge in [-0.3, -0.25) is 4.79 Å². The van der Waals surface area contributed by atoms with Crippen molar-refractivity contribution in [3.63, 3.8) is 0 Å². The highest BCUT2D eigenvalue weighted by atomic mass is 35.5. The average Bonchev–Trinajstić information content (AvgIpc) is 2.68. The molecule has 2 aromatic rings. The number of nitrogens with one attached hydrogen (secondary N) is 1. The second kappa shape index (κ2) is 9.84. The highest BCUT2D eigenvalue weighted by molar-refractivity contribution is 5.85. The summed E-state index contributed by atoms with van der Waals surface area (Å²) in [6.45, 7) is 1.82. The first-order chi connectivity index (χ1) is 13.4. The van der Waals surface area contributed by atoms with E-state index in [0.29, 0.717) is 30.9 Å². The number of hydrogen-bond donors (Lipinski definition) is 1. The lowest BCUT2D eigenvalue weighted by Gasteiger charge is -2.37. The quantitative estimate of drug-likeness (QED) is 0.785. The molecule has 1 fully saturated rings. The van der Waals surface area contributed by atoms with Crippen molar-refractivity contribution in [3.8, 4) is 11.5 Å². The molecule has 1 aliphatic heterocycles. The summed E-state index contributed by atoms with van der Waals surface area (Å²) in [4.78, 5) is 14.7. The van der Waals surface area contributed by atoms with Crippen LogP contribution in [0.25, 0.3) is 0 Å². The Labute approximate surface area is 173 Å². The molecule has 158 valence electrons. The van der Waals surface area contributed by atoms with E-state index in [-0.39, 0.29) is 36.5 Å². The number of rotatable bonds is 5. The molecule has 1 saturated heterocycles. The molecule has 1 N–H and O–H groups in total. The topological polar surface area (TPSA) is 50.8 Å². The van der Waals surface area contributed by atoms with Crippen molar-refractivity contribution in [2.45, 2.75) is 18.8 Å². The molecule has 0 bridgehead atoms. The lowest BCUT2D eigenvalue weighted by Crippen LogP contribution is -2.49. The minimum atomic E-state index is -4.74. The van der Waals surface area contributed by atoms with Crippen LogP contribution in [0.1, 0.15) is 17.2 Å². The molecular weight excluding hydrogens is 409 g/mol. The van der Waals surface area contributed by atoms with Crippen LogP contribution in [-0.2, 0) is 11.2 Å². The number of nitrogens with zero attached hydrogens (tertiary/aromatic N) is 1. The van der Waals surface area contributed by atoms with Crippen molar-refractivity contribution >= 4 is 18.3 Å². The Morgan fingerprint density at radius 3 is 2.52 bits per heavy atom. The number of ether oxygens (including phenoxy) is 2. The largest absolute Gasteiger partial charge is 0.573 e. The number of carbonyl (C=O) groups is 1. The van der Waals surface area contributed by atoms with Crippen molar-refractivity contribution in [3.05, 3.63) is 59.7 Å². The number of amides is 1. The molecular formula is C20H22ClF3N2O3. The fourth-order valence-electron chi connectivity index (χ4n) is 3.31. The van der Waals surface area contributed by atoms with Crippen LogP contribution in [0.4, 0.5) is 13.2 Å². The van der Waals surface area contributed by atoms with E-state index in [1.165, 1.54) is 24.3 Å². The molecule has 5 nitrogen and oxygen atoms in total. The predicted molar refractivity (Wildman–Crippen MR) is 104 cm³/mol. The predicted octanol–water partition coefficient (Wildman–Crippen LogP) is 3.73. The molecule has 0 radical (unpaired) electrons. The number of methoxy groups -OCH3 is 1. The van der Waals surface area contributed by atoms with Gasteiger partial charge >= 0.3 is 6.36 Å². The molecule has 1 heterocycles. The summed E-state index contributed by atoms with van der Waals surface area (Å²) in [5, 5.41) is 3.29. The van der Waals surface area contributed by atoms with Gasteiger partial charge in [0, 0.05) is 25.2 Å². The van der Waals surface area contributed by atoms with Gasteiger partial charge in [0.2, 0.25) is 5.91 Å². The Morgan fingerprint density at radius 1 is 1.17 bits per heavy atom. The fourth-order valence-corrected chi connectivity index (χ4v) is 3.31. The normalized spacial score (nSPS) is 16.7. The van der Waals surface area contributed by atoms with Gasteiger partial charge < -0.3 is 19.7 Å². The van der Waals surface area contributed by atoms with E-state index in [1.54, 1.807) is 12.0 Å². The number of benzene rings is 2. The molecule has 1 amide bonds. The smallest absolute Gasteiger partial charge is 0.496 e. The van der Waals surface area contributed by atoms with Crippen molar-refractivity contribution < 1.29 is 27.4 Å². The van der Waals surface area contributed by atoms with Crippen molar-refractivity contribution in [1.82, 2.24) is 10.2 Å². The summed E-state index contributed by atoms with van der Waals surface area (Å²) in [7, 11) is 1.59. The van der Waals surface area contributed by atoms with Crippen LogP contribution in [0, 0.1) is 0 Å². The number of carbonyl (C=O) groups excluding carboxylic acids is 1. The Hall–Kier alpha value is -2.45. The number of piperazine rings is 1. The van der Waals surface area contributed by atoms with E-state index < -0.39 is 6.36 Å². The second-order valence-electron chi connectivity index (χ2n) is 6.42. The van der Waals surface area contributed by atoms with Gasteiger partial charge in [0.25, 0.3) is 0 Å². The van der Waals surface area contributed by atoms with Gasteiger partial charge in [-0.15, -0.1) is 25.6 Å². The summed E-state index contributed by atoms with van der Waals surface area (Å²) < 4.78 is 46.1. The summed E-state index contributed by atoms with van der Waals surface area (Å²) in [6, 6.07) is 12.7. The van der Waals surface area contributed by atoms with Crippen molar-refractivity contribution in [2.75, 3.05) is 26.7 Å². The first kappa shape index (κ1) is 22.8. The van der Waals surface area contributed by atoms with Gasteiger partial charge in [-0.25, -0.2) is 0 Å². The lowest BCUT2D eigenvalue weighted by atomic mass is 10.0. The molecule has 2 aromatic carbocycles. The number of alkyl halides is 3. The number of halogens is 4. The zero-order valence-electron chi connectivity index (χ0n) is 15.7. The van der Waals surface area contributed by atoms with Crippen LogP contribution in [0.15, 0.2) is 48.5 Å². The maximum absolute atomic E-state index is 12.9. The van der Waals surface area contributed by atoms with E-state index in [4.69, 9.17) is 4.74 Å². The Bertz CT molecular complexity index is 815. The fraction of sp³-hybridized carbons (Fsp3) is 0.350. The zero-order valence-corrected chi connectivity index (χ0v) is 16.6. The highest BCUT2D eigenvalue weighted by Gasteiger charge is 2.31. The molecule has 0 aliphatic carbocycles. The van der Waals surface area contributed by atoms with Gasteiger partial charge in [-0.05, 0) is 23.8 Å². The number of para-hydroxylation sites is 1. The van der Waals surface area contributed by atoms with E-state index in [0.717, 1.165) is 5.56 Å². The first-order valence-electron chi connectivity index (χ1n) is 8.85. The van der Waals surface area contributed by atoms with Gasteiger partial charge in [0.1, 0.15) is 11.5 Å². The third-order valence-corrected chi connectivity index (χ3v) is 4.57. The summed E-state index contributed by atoms with van der Waals surface area (Å²) in [6.07, 6.45) is -4.64. The van der Waals surface area contributed by atoms with Gasteiger partial charge in [-0.2, -0.15) is 0 Å². The third kappa shape index (κ3) is 6.01. The first-order valence-corrected chi connectivity index (χ1v) is 8.85. The molecule has 3 rings (SSSR count). The van der Waals surface area contributed by atoms with Crippen LogP contribution in [0.3, 0.4) is 0 Å². The third-order valence-electron chi connectivity index (χ3n) is 4.57. The average molecular weight is 431 g/mol. The van der Waals surface area contributed by atoms with Crippen molar-refractivity contribution in [1.29, 1.82) is 0 Å². The van der Waals surface area contributed by atoms with Gasteiger partial charge in [-0.1, -0.05) is 30.3 Å². The van der Waals surface area contributed by atoms with Crippen LogP contribution < -0.4 is 14.8 Å². The van der Waals surface area contributed by atoms with Crippen LogP contribution >= 0.6 is 12.4 Å². The van der Waals surface area contributed by atoms with E-state index in [9.17, 15) is 18.0 Å². The summed E-state index contributed by atoms with van der Waals surface area (Å²) >= 11 is 0. The molecule has 1 unspecified atom stereocenters. The van der Waals surface area contributed by atoms with Gasteiger partial charge in [0.05, 0.1) is 19.6 Å². The van der Waals surface area contributed by atoms with E-state index in [1.807, 2.05) is 24.3 Å². The van der Waals surface area contributed by atoms with E-state index >= 15 is 0 Å². The van der Waals surface area contributed by atoms with Crippen molar-refractivity contribution in [2.24, 2.45) is 0 Å². The lowest BCUT2D eigenvalue weighted by molar-refractivity contribution is -0.274. The maximum Gasteiger partial charge on any atom is 0.573 e. The molecule has 29 heavy (non-hydrogen) atoms. The minimum absolute atomic E-state index is 0. The molecule has 0 saturated carbocycles. The maximum atomic E-state index is 12.9. The minimum Gasteiger partial charge on any atom is -0.496 e. The molecule has 9 heteroatoms. The van der Waals surface area contributed by atoms with Crippen LogP contribution in [0.5, 0.6) is 11.5 Å². The Morgan fingerprint density at radius 2 is 1.86 bits per heavy atom. The van der Waals surface area contributed by atoms with Crippen LogP contribution in [0.2, 0.25) is 0 Å². The molecule has 1 atom stereocenters. The van der Waals surface area contributed by atoms with Crippen LogP contribution in [-0.4, -0.2) is 43.9 Å². The second-order valence-corrected chi connectivity index (χ2v) is 6.42. The van der Waals surface area contributed by atoms with Gasteiger partial charge in [0.15, 0.2) is 0 Å². The van der Waals surface area contributed by atoms with E-state index in [2.05, 4.69) is 10.1 Å². The molecule has 1 aliphatic rings. The molecule has 0 spiro atoms. The summed E-state index contributed by atoms with van der Waals surface area (Å²) in [5.74, 6) is 0.308. The summed E-state index contributed by atoms with van der Waals surface area (Å²) in [5.41, 5.74) is 1.54. The highest BCUT2D eigenvalue weighted by Crippen LogP contribution is 2.31. The SMILES string of the molecule is COc1ccccc1C1CNCCN1C(=O)Cc1ccc(OC(F)(F)F)cc1.Cl. The monoisotopic (exact) mass is 430 g/mol.